The van der Waals surface area contributed by atoms with Gasteiger partial charge in [0.05, 0.1) is 0 Å². The van der Waals surface area contributed by atoms with Crippen molar-refractivity contribution < 1.29 is 10.2 Å². The molecule has 0 unspecified atom stereocenters. The maximum Gasteiger partial charge on any atom is 0.0433 e. The van der Waals surface area contributed by atoms with E-state index in [0.717, 1.165) is 25.7 Å². The topological polar surface area (TPSA) is 40.5 Å². The molecule has 0 spiro atoms. The Bertz CT molecular complexity index is 127. The first-order valence-electron chi connectivity index (χ1n) is 5.71. The summed E-state index contributed by atoms with van der Waals surface area (Å²) in [5, 5.41) is 17.6. The molecular weight excluding hydrogens is 176 g/mol. The van der Waals surface area contributed by atoms with Gasteiger partial charge in [0, 0.05) is 13.2 Å². The van der Waals surface area contributed by atoms with Gasteiger partial charge in [-0.05, 0) is 30.6 Å². The summed E-state index contributed by atoms with van der Waals surface area (Å²) in [6, 6.07) is 0. The average Bonchev–Trinajstić information content (AvgIpc) is 2.02. The van der Waals surface area contributed by atoms with Gasteiger partial charge in [0.25, 0.3) is 0 Å². The lowest BCUT2D eigenvalue weighted by Gasteiger charge is -2.25. The lowest BCUT2D eigenvalue weighted by atomic mass is 9.81. The van der Waals surface area contributed by atoms with Crippen molar-refractivity contribution in [2.24, 2.45) is 11.3 Å². The molecule has 0 fully saturated rings. The molecule has 0 aliphatic heterocycles. The van der Waals surface area contributed by atoms with Crippen molar-refractivity contribution in [1.82, 2.24) is 0 Å². The standard InChI is InChI=1S/C12H26O2/c1-12(2,3)10-11(7-9-14)6-4-5-8-13/h11,13-14H,4-10H2,1-3H3/t11-/m0/s1. The number of unbranched alkanes of at least 4 members (excludes halogenated alkanes) is 1. The Morgan fingerprint density at radius 1 is 0.929 bits per heavy atom. The van der Waals surface area contributed by atoms with Gasteiger partial charge in [0.2, 0.25) is 0 Å². The zero-order valence-electron chi connectivity index (χ0n) is 9.92. The molecule has 14 heavy (non-hydrogen) atoms. The number of aliphatic hydroxyl groups is 2. The summed E-state index contributed by atoms with van der Waals surface area (Å²) < 4.78 is 0. The van der Waals surface area contributed by atoms with Crippen LogP contribution in [0.5, 0.6) is 0 Å². The molecule has 0 radical (unpaired) electrons. The van der Waals surface area contributed by atoms with Crippen LogP contribution in [0.4, 0.5) is 0 Å². The molecule has 0 aliphatic carbocycles. The van der Waals surface area contributed by atoms with E-state index in [1.54, 1.807) is 0 Å². The first-order valence-corrected chi connectivity index (χ1v) is 5.71. The third kappa shape index (κ3) is 8.52. The molecule has 0 bridgehead atoms. The fraction of sp³-hybridized carbons (Fsp3) is 1.00. The molecule has 2 heteroatoms. The molecule has 0 heterocycles. The predicted octanol–water partition coefficient (Wildman–Crippen LogP) is 2.58. The molecule has 0 amide bonds. The predicted molar refractivity (Wildman–Crippen MR) is 60.2 cm³/mol. The van der Waals surface area contributed by atoms with Crippen LogP contribution in [0.15, 0.2) is 0 Å². The number of aliphatic hydroxyl groups excluding tert-OH is 2. The highest BCUT2D eigenvalue weighted by Gasteiger charge is 2.17. The highest BCUT2D eigenvalue weighted by molar-refractivity contribution is 4.69. The van der Waals surface area contributed by atoms with Crippen molar-refractivity contribution >= 4 is 0 Å². The highest BCUT2D eigenvalue weighted by atomic mass is 16.3. The summed E-state index contributed by atoms with van der Waals surface area (Å²) in [6.45, 7) is 7.30. The van der Waals surface area contributed by atoms with Crippen LogP contribution < -0.4 is 0 Å². The van der Waals surface area contributed by atoms with Gasteiger partial charge in [-0.25, -0.2) is 0 Å². The normalized spacial score (nSPS) is 14.4. The van der Waals surface area contributed by atoms with Gasteiger partial charge < -0.3 is 10.2 Å². The van der Waals surface area contributed by atoms with E-state index in [0.29, 0.717) is 24.5 Å². The van der Waals surface area contributed by atoms with Gasteiger partial charge in [-0.15, -0.1) is 0 Å². The third-order valence-corrected chi connectivity index (χ3v) is 2.46. The Kier molecular flexibility index (Phi) is 7.20. The summed E-state index contributed by atoms with van der Waals surface area (Å²) in [5.41, 5.74) is 0.346. The number of hydrogen-bond acceptors (Lipinski definition) is 2. The zero-order valence-corrected chi connectivity index (χ0v) is 9.92. The lowest BCUT2D eigenvalue weighted by Crippen LogP contribution is -2.14. The summed E-state index contributed by atoms with van der Waals surface area (Å²) in [4.78, 5) is 0. The van der Waals surface area contributed by atoms with E-state index < -0.39 is 0 Å². The van der Waals surface area contributed by atoms with Gasteiger partial charge in [0.1, 0.15) is 0 Å². The second kappa shape index (κ2) is 7.24. The number of rotatable bonds is 7. The van der Waals surface area contributed by atoms with Gasteiger partial charge in [-0.2, -0.15) is 0 Å². The zero-order chi connectivity index (χ0) is 11.0. The van der Waals surface area contributed by atoms with Crippen molar-refractivity contribution in [3.05, 3.63) is 0 Å². The maximum absolute atomic E-state index is 8.94. The van der Waals surface area contributed by atoms with Crippen molar-refractivity contribution in [1.29, 1.82) is 0 Å². The van der Waals surface area contributed by atoms with Gasteiger partial charge >= 0.3 is 0 Å². The molecule has 0 saturated heterocycles. The quantitative estimate of drug-likeness (QED) is 0.623. The average molecular weight is 202 g/mol. The Morgan fingerprint density at radius 3 is 2.00 bits per heavy atom. The molecular formula is C12H26O2. The van der Waals surface area contributed by atoms with E-state index in [1.165, 1.54) is 6.42 Å². The second-order valence-electron chi connectivity index (χ2n) is 5.36. The van der Waals surface area contributed by atoms with Crippen LogP contribution in [0.2, 0.25) is 0 Å². The second-order valence-corrected chi connectivity index (χ2v) is 5.36. The van der Waals surface area contributed by atoms with Crippen LogP contribution in [0.1, 0.15) is 52.9 Å². The van der Waals surface area contributed by atoms with E-state index in [1.807, 2.05) is 0 Å². The van der Waals surface area contributed by atoms with Crippen molar-refractivity contribution in [3.8, 4) is 0 Å². The highest BCUT2D eigenvalue weighted by Crippen LogP contribution is 2.29. The minimum absolute atomic E-state index is 0.292. The largest absolute Gasteiger partial charge is 0.396 e. The smallest absolute Gasteiger partial charge is 0.0433 e. The molecule has 0 aromatic rings. The first kappa shape index (κ1) is 13.9. The van der Waals surface area contributed by atoms with Crippen LogP contribution in [0.3, 0.4) is 0 Å². The first-order chi connectivity index (χ1) is 6.49. The van der Waals surface area contributed by atoms with E-state index in [-0.39, 0.29) is 0 Å². The molecule has 0 aromatic carbocycles. The molecule has 2 nitrogen and oxygen atoms in total. The minimum atomic E-state index is 0.292. The monoisotopic (exact) mass is 202 g/mol. The van der Waals surface area contributed by atoms with Crippen molar-refractivity contribution in [2.75, 3.05) is 13.2 Å². The molecule has 86 valence electrons. The van der Waals surface area contributed by atoms with Crippen LogP contribution in [0, 0.1) is 11.3 Å². The summed E-state index contributed by atoms with van der Waals surface area (Å²) in [5.74, 6) is 0.617. The van der Waals surface area contributed by atoms with Gasteiger partial charge in [0.15, 0.2) is 0 Å². The summed E-state index contributed by atoms with van der Waals surface area (Å²) in [6.07, 6.45) is 5.18. The summed E-state index contributed by atoms with van der Waals surface area (Å²) in [7, 11) is 0. The Morgan fingerprint density at radius 2 is 1.57 bits per heavy atom. The molecule has 0 aromatic heterocycles. The van der Waals surface area contributed by atoms with Gasteiger partial charge in [-0.3, -0.25) is 0 Å². The van der Waals surface area contributed by atoms with Crippen LogP contribution in [-0.2, 0) is 0 Å². The van der Waals surface area contributed by atoms with E-state index >= 15 is 0 Å². The Hall–Kier alpha value is -0.0800. The van der Waals surface area contributed by atoms with Crippen molar-refractivity contribution in [2.45, 2.75) is 52.9 Å². The van der Waals surface area contributed by atoms with E-state index in [2.05, 4.69) is 20.8 Å². The molecule has 0 saturated carbocycles. The van der Waals surface area contributed by atoms with E-state index in [4.69, 9.17) is 10.2 Å². The van der Waals surface area contributed by atoms with Crippen molar-refractivity contribution in [3.63, 3.8) is 0 Å². The third-order valence-electron chi connectivity index (χ3n) is 2.46. The molecule has 2 N–H and O–H groups in total. The van der Waals surface area contributed by atoms with Gasteiger partial charge in [-0.1, -0.05) is 33.6 Å². The van der Waals surface area contributed by atoms with Crippen LogP contribution in [-0.4, -0.2) is 23.4 Å². The van der Waals surface area contributed by atoms with Crippen LogP contribution >= 0.6 is 0 Å². The summed E-state index contributed by atoms with van der Waals surface area (Å²) >= 11 is 0. The molecule has 0 rings (SSSR count). The Labute approximate surface area is 88.3 Å². The fourth-order valence-electron chi connectivity index (χ4n) is 1.94. The van der Waals surface area contributed by atoms with E-state index in [9.17, 15) is 0 Å². The Balaban J connectivity index is 3.77. The maximum atomic E-state index is 8.94. The fourth-order valence-corrected chi connectivity index (χ4v) is 1.94. The van der Waals surface area contributed by atoms with Crippen LogP contribution in [0.25, 0.3) is 0 Å². The SMILES string of the molecule is CC(C)(C)C[C@H](CCO)CCCCO. The minimum Gasteiger partial charge on any atom is -0.396 e. The number of hydrogen-bond donors (Lipinski definition) is 2. The molecule has 0 aliphatic rings. The lowest BCUT2D eigenvalue weighted by molar-refractivity contribution is 0.203. The molecule has 1 atom stereocenters.